The average Bonchev–Trinajstić information content (AvgIpc) is 2.11. The number of hydrogen-bond donors (Lipinski definition) is 3. The number of hydrogen-bond acceptors (Lipinski definition) is 4. The molecule has 6 nitrogen and oxygen atoms in total. The fourth-order valence-corrected chi connectivity index (χ4v) is 0.781. The van der Waals surface area contributed by atoms with Crippen LogP contribution in [0.1, 0.15) is 12.8 Å². The Kier molecular flexibility index (Phi) is 5.62. The molecule has 6 heteroatoms. The van der Waals surface area contributed by atoms with Gasteiger partial charge in [-0.1, -0.05) is 0 Å². The number of carboxylic acids is 1. The number of nitrogens with one attached hydrogen (secondary N) is 1. The van der Waals surface area contributed by atoms with E-state index in [9.17, 15) is 9.59 Å². The van der Waals surface area contributed by atoms with Gasteiger partial charge >= 0.3 is 12.1 Å². The van der Waals surface area contributed by atoms with E-state index < -0.39 is 18.1 Å². The molecule has 0 heterocycles. The van der Waals surface area contributed by atoms with Gasteiger partial charge in [-0.2, -0.15) is 0 Å². The number of alkyl carbamates (subject to hydrolysis) is 1. The van der Waals surface area contributed by atoms with Crippen LogP contribution in [-0.4, -0.2) is 36.9 Å². The van der Waals surface area contributed by atoms with E-state index in [1.54, 1.807) is 0 Å². The van der Waals surface area contributed by atoms with Crippen molar-refractivity contribution in [2.45, 2.75) is 18.9 Å². The van der Waals surface area contributed by atoms with Crippen LogP contribution in [0.4, 0.5) is 4.79 Å². The summed E-state index contributed by atoms with van der Waals surface area (Å²) < 4.78 is 4.27. The van der Waals surface area contributed by atoms with Crippen molar-refractivity contribution in [3.8, 4) is 0 Å². The lowest BCUT2D eigenvalue weighted by atomic mass is 10.1. The van der Waals surface area contributed by atoms with E-state index in [-0.39, 0.29) is 0 Å². The van der Waals surface area contributed by atoms with Gasteiger partial charge in [0.15, 0.2) is 0 Å². The molecule has 0 unspecified atom stereocenters. The zero-order valence-corrected chi connectivity index (χ0v) is 7.45. The first kappa shape index (κ1) is 11.7. The minimum atomic E-state index is -1.08. The molecule has 1 atom stereocenters. The van der Waals surface area contributed by atoms with Gasteiger partial charge in [-0.05, 0) is 19.4 Å². The van der Waals surface area contributed by atoms with Gasteiger partial charge in [-0.25, -0.2) is 9.59 Å². The Bertz CT molecular complexity index is 183. The highest BCUT2D eigenvalue weighted by Gasteiger charge is 2.18. The molecule has 76 valence electrons. The molecule has 4 N–H and O–H groups in total. The Morgan fingerprint density at radius 1 is 1.62 bits per heavy atom. The van der Waals surface area contributed by atoms with E-state index in [4.69, 9.17) is 10.8 Å². The number of rotatable bonds is 5. The molecule has 0 saturated carbocycles. The van der Waals surface area contributed by atoms with Crippen molar-refractivity contribution >= 4 is 12.1 Å². The molecular formula is C7H14N2O4. The minimum Gasteiger partial charge on any atom is -0.480 e. The largest absolute Gasteiger partial charge is 0.480 e. The number of carbonyl (C=O) groups is 2. The second-order valence-electron chi connectivity index (χ2n) is 2.46. The first-order valence-electron chi connectivity index (χ1n) is 3.89. The van der Waals surface area contributed by atoms with Crippen molar-refractivity contribution < 1.29 is 19.4 Å². The Balaban J connectivity index is 3.94. The number of ether oxygens (including phenoxy) is 1. The molecule has 0 radical (unpaired) electrons. The zero-order valence-electron chi connectivity index (χ0n) is 7.45. The summed E-state index contributed by atoms with van der Waals surface area (Å²) in [5.74, 6) is -1.08. The summed E-state index contributed by atoms with van der Waals surface area (Å²) in [6, 6.07) is -0.920. The van der Waals surface area contributed by atoms with Crippen molar-refractivity contribution in [2.75, 3.05) is 13.7 Å². The van der Waals surface area contributed by atoms with Crippen LogP contribution in [0.15, 0.2) is 0 Å². The van der Waals surface area contributed by atoms with Crippen LogP contribution in [-0.2, 0) is 9.53 Å². The molecule has 0 aromatic rings. The van der Waals surface area contributed by atoms with E-state index in [1.807, 2.05) is 0 Å². The normalized spacial score (nSPS) is 11.8. The summed E-state index contributed by atoms with van der Waals surface area (Å²) in [7, 11) is 1.18. The van der Waals surface area contributed by atoms with Crippen LogP contribution in [0, 0.1) is 0 Å². The van der Waals surface area contributed by atoms with Crippen molar-refractivity contribution in [1.29, 1.82) is 0 Å². The zero-order chi connectivity index (χ0) is 10.3. The smallest absolute Gasteiger partial charge is 0.407 e. The van der Waals surface area contributed by atoms with Gasteiger partial charge in [-0.3, -0.25) is 0 Å². The van der Waals surface area contributed by atoms with Gasteiger partial charge in [0, 0.05) is 0 Å². The monoisotopic (exact) mass is 190 g/mol. The third-order valence-electron chi connectivity index (χ3n) is 1.47. The van der Waals surface area contributed by atoms with E-state index in [0.717, 1.165) is 0 Å². The number of aliphatic carboxylic acids is 1. The Labute approximate surface area is 76.0 Å². The SMILES string of the molecule is COC(=O)N[C@@H](CCCN)C(=O)O. The number of methoxy groups -OCH3 is 1. The van der Waals surface area contributed by atoms with Gasteiger partial charge in [0.05, 0.1) is 7.11 Å². The lowest BCUT2D eigenvalue weighted by molar-refractivity contribution is -0.139. The quantitative estimate of drug-likeness (QED) is 0.544. The number of amides is 1. The number of nitrogens with two attached hydrogens (primary N) is 1. The first-order chi connectivity index (χ1) is 6.11. The Morgan fingerprint density at radius 2 is 2.23 bits per heavy atom. The summed E-state index contributed by atoms with van der Waals surface area (Å²) in [4.78, 5) is 21.2. The van der Waals surface area contributed by atoms with Crippen LogP contribution in [0.2, 0.25) is 0 Å². The number of carbonyl (C=O) groups excluding carboxylic acids is 1. The number of carboxylic acid groups (broad SMARTS) is 1. The molecule has 0 aliphatic carbocycles. The predicted molar refractivity (Wildman–Crippen MR) is 45.3 cm³/mol. The second kappa shape index (κ2) is 6.24. The highest BCUT2D eigenvalue weighted by atomic mass is 16.5. The van der Waals surface area contributed by atoms with Crippen LogP contribution in [0.25, 0.3) is 0 Å². The molecule has 0 spiro atoms. The molecular weight excluding hydrogens is 176 g/mol. The molecule has 1 amide bonds. The summed E-state index contributed by atoms with van der Waals surface area (Å²) in [5, 5.41) is 10.8. The topological polar surface area (TPSA) is 102 Å². The van der Waals surface area contributed by atoms with Crippen LogP contribution in [0.3, 0.4) is 0 Å². The third kappa shape index (κ3) is 5.02. The summed E-state index contributed by atoms with van der Waals surface area (Å²) >= 11 is 0. The van der Waals surface area contributed by atoms with E-state index in [1.165, 1.54) is 7.11 Å². The summed E-state index contributed by atoms with van der Waals surface area (Å²) in [5.41, 5.74) is 5.20. The molecule has 0 saturated heterocycles. The molecule has 0 rings (SSSR count). The molecule has 13 heavy (non-hydrogen) atoms. The lowest BCUT2D eigenvalue weighted by Crippen LogP contribution is -2.40. The van der Waals surface area contributed by atoms with Gasteiger partial charge in [0.2, 0.25) is 0 Å². The van der Waals surface area contributed by atoms with Gasteiger partial charge in [0.1, 0.15) is 6.04 Å². The van der Waals surface area contributed by atoms with Crippen molar-refractivity contribution in [3.05, 3.63) is 0 Å². The molecule has 0 aliphatic rings. The summed E-state index contributed by atoms with van der Waals surface area (Å²) in [6.07, 6.45) is 0.103. The molecule has 0 aliphatic heterocycles. The second-order valence-corrected chi connectivity index (χ2v) is 2.46. The van der Waals surface area contributed by atoms with Gasteiger partial charge in [0.25, 0.3) is 0 Å². The van der Waals surface area contributed by atoms with Crippen molar-refractivity contribution in [1.82, 2.24) is 5.32 Å². The lowest BCUT2D eigenvalue weighted by Gasteiger charge is -2.12. The van der Waals surface area contributed by atoms with Gasteiger partial charge in [-0.15, -0.1) is 0 Å². The fraction of sp³-hybridized carbons (Fsp3) is 0.714. The average molecular weight is 190 g/mol. The molecule has 0 fully saturated rings. The third-order valence-corrected chi connectivity index (χ3v) is 1.47. The molecule has 0 aromatic heterocycles. The van der Waals surface area contributed by atoms with Crippen LogP contribution in [0.5, 0.6) is 0 Å². The maximum absolute atomic E-state index is 10.7. The maximum atomic E-state index is 10.7. The first-order valence-corrected chi connectivity index (χ1v) is 3.89. The van der Waals surface area contributed by atoms with Gasteiger partial charge < -0.3 is 20.9 Å². The van der Waals surface area contributed by atoms with E-state index in [2.05, 4.69) is 10.1 Å². The fourth-order valence-electron chi connectivity index (χ4n) is 0.781. The van der Waals surface area contributed by atoms with E-state index in [0.29, 0.717) is 19.4 Å². The highest BCUT2D eigenvalue weighted by molar-refractivity contribution is 5.79. The van der Waals surface area contributed by atoms with E-state index >= 15 is 0 Å². The molecule has 0 bridgehead atoms. The minimum absolute atomic E-state index is 0.306. The standard InChI is InChI=1S/C7H14N2O4/c1-13-7(12)9-5(6(10)11)3-2-4-8/h5H,2-4,8H2,1H3,(H,9,12)(H,10,11)/t5-/m0/s1. The predicted octanol–water partition coefficient (Wildman–Crippen LogP) is -0.465. The van der Waals surface area contributed by atoms with Crippen LogP contribution < -0.4 is 11.1 Å². The summed E-state index contributed by atoms with van der Waals surface area (Å²) in [6.45, 7) is 0.395. The molecule has 0 aromatic carbocycles. The maximum Gasteiger partial charge on any atom is 0.407 e. The van der Waals surface area contributed by atoms with Crippen molar-refractivity contribution in [3.63, 3.8) is 0 Å². The Morgan fingerprint density at radius 3 is 2.62 bits per heavy atom. The highest BCUT2D eigenvalue weighted by Crippen LogP contribution is 1.96. The van der Waals surface area contributed by atoms with Crippen molar-refractivity contribution in [2.24, 2.45) is 5.73 Å². The Hall–Kier alpha value is -1.30. The van der Waals surface area contributed by atoms with Crippen LogP contribution >= 0.6 is 0 Å².